The van der Waals surface area contributed by atoms with Gasteiger partial charge in [-0.2, -0.15) is 0 Å². The number of hydrazine groups is 1. The molecule has 1 heterocycles. The van der Waals surface area contributed by atoms with Gasteiger partial charge >= 0.3 is 0 Å². The number of anilines is 2. The number of nitrogens with two attached hydrogens (primary N) is 1. The van der Waals surface area contributed by atoms with E-state index < -0.39 is 0 Å². The fraction of sp³-hybridized carbons (Fsp3) is 0.333. The molecular formula is C15H21N5S. The van der Waals surface area contributed by atoms with Crippen molar-refractivity contribution in [2.75, 3.05) is 11.2 Å². The molecule has 2 rings (SSSR count). The quantitative estimate of drug-likeness (QED) is 0.595. The summed E-state index contributed by atoms with van der Waals surface area (Å²) in [5.74, 6) is 0.592. The van der Waals surface area contributed by atoms with Gasteiger partial charge in [-0.1, -0.05) is 29.5 Å². The highest BCUT2D eigenvalue weighted by Gasteiger charge is 2.13. The van der Waals surface area contributed by atoms with E-state index >= 15 is 0 Å². The van der Waals surface area contributed by atoms with Gasteiger partial charge in [-0.15, -0.1) is 0 Å². The summed E-state index contributed by atoms with van der Waals surface area (Å²) in [6.07, 6.45) is 1.51. The minimum atomic E-state index is -0.0817. The fourth-order valence-corrected chi connectivity index (χ4v) is 2.33. The molecule has 0 saturated carbocycles. The molecule has 0 spiro atoms. The molecule has 0 amide bonds. The molecule has 1 aromatic carbocycles. The monoisotopic (exact) mass is 303 g/mol. The first-order chi connectivity index (χ1) is 9.85. The molecule has 0 fully saturated rings. The number of nitrogens with zero attached hydrogens (tertiary/aromatic N) is 2. The highest BCUT2D eigenvalue weighted by Crippen LogP contribution is 2.32. The second-order valence-corrected chi connectivity index (χ2v) is 6.92. The Labute approximate surface area is 129 Å². The van der Waals surface area contributed by atoms with Crippen LogP contribution in [0, 0.1) is 6.92 Å². The summed E-state index contributed by atoms with van der Waals surface area (Å²) >= 11 is 1.53. The van der Waals surface area contributed by atoms with Crippen molar-refractivity contribution in [3.8, 4) is 0 Å². The molecule has 0 aliphatic heterocycles. The lowest BCUT2D eigenvalue weighted by atomic mass is 10.1. The molecule has 0 radical (unpaired) electrons. The van der Waals surface area contributed by atoms with Crippen LogP contribution >= 0.6 is 11.8 Å². The zero-order chi connectivity index (χ0) is 15.5. The lowest BCUT2D eigenvalue weighted by Gasteiger charge is -2.22. The summed E-state index contributed by atoms with van der Waals surface area (Å²) in [6, 6.07) is 8.25. The number of hydrogen-bond donors (Lipinski definition) is 3. The summed E-state index contributed by atoms with van der Waals surface area (Å²) < 4.78 is 0. The number of benzene rings is 1. The Morgan fingerprint density at radius 3 is 2.38 bits per heavy atom. The van der Waals surface area contributed by atoms with Crippen LogP contribution in [0.3, 0.4) is 0 Å². The van der Waals surface area contributed by atoms with Crippen molar-refractivity contribution in [3.63, 3.8) is 0 Å². The largest absolute Gasteiger partial charge is 0.393 e. The third-order valence-corrected chi connectivity index (χ3v) is 3.67. The van der Waals surface area contributed by atoms with E-state index in [0.29, 0.717) is 11.5 Å². The first kappa shape index (κ1) is 15.6. The number of nitrogens with one attached hydrogen (secondary N) is 2. The van der Waals surface area contributed by atoms with Crippen LogP contribution in [0.15, 0.2) is 40.5 Å². The van der Waals surface area contributed by atoms with Gasteiger partial charge in [-0.3, -0.25) is 0 Å². The molecule has 0 aliphatic rings. The lowest BCUT2D eigenvalue weighted by molar-refractivity contribution is 0.464. The van der Waals surface area contributed by atoms with Gasteiger partial charge in [-0.05, 0) is 39.8 Å². The highest BCUT2D eigenvalue weighted by molar-refractivity contribution is 7.99. The van der Waals surface area contributed by atoms with Crippen LogP contribution in [0.2, 0.25) is 0 Å². The van der Waals surface area contributed by atoms with Crippen molar-refractivity contribution in [1.82, 2.24) is 15.4 Å². The molecular weight excluding hydrogens is 282 g/mol. The maximum Gasteiger partial charge on any atom is 0.168 e. The van der Waals surface area contributed by atoms with E-state index in [4.69, 9.17) is 5.73 Å². The van der Waals surface area contributed by atoms with E-state index in [2.05, 4.69) is 72.8 Å². The number of aromatic nitrogens is 2. The van der Waals surface area contributed by atoms with Crippen molar-refractivity contribution < 1.29 is 0 Å². The van der Waals surface area contributed by atoms with Crippen LogP contribution in [-0.4, -0.2) is 15.5 Å². The van der Waals surface area contributed by atoms with E-state index in [9.17, 15) is 0 Å². The van der Waals surface area contributed by atoms with Gasteiger partial charge < -0.3 is 11.2 Å². The van der Waals surface area contributed by atoms with Gasteiger partial charge in [0.05, 0.1) is 0 Å². The Balaban J connectivity index is 2.15. The second kappa shape index (κ2) is 6.32. The van der Waals surface area contributed by atoms with Gasteiger partial charge in [0.2, 0.25) is 0 Å². The Kier molecular flexibility index (Phi) is 4.69. The van der Waals surface area contributed by atoms with Crippen LogP contribution in [0.4, 0.5) is 11.5 Å². The highest BCUT2D eigenvalue weighted by atomic mass is 32.2. The molecule has 0 bridgehead atoms. The molecule has 6 heteroatoms. The molecule has 0 saturated heterocycles. The van der Waals surface area contributed by atoms with Gasteiger partial charge in [-0.25, -0.2) is 15.4 Å². The Hall–Kier alpha value is -1.79. The van der Waals surface area contributed by atoms with E-state index in [-0.39, 0.29) is 5.54 Å². The Bertz CT molecular complexity index is 604. The summed E-state index contributed by atoms with van der Waals surface area (Å²) in [4.78, 5) is 9.53. The predicted molar refractivity (Wildman–Crippen MR) is 88.3 cm³/mol. The van der Waals surface area contributed by atoms with Crippen molar-refractivity contribution in [1.29, 1.82) is 0 Å². The van der Waals surface area contributed by atoms with Gasteiger partial charge in [0.25, 0.3) is 0 Å². The zero-order valence-corrected chi connectivity index (χ0v) is 13.6. The zero-order valence-electron chi connectivity index (χ0n) is 12.8. The second-order valence-electron chi connectivity index (χ2n) is 5.86. The van der Waals surface area contributed by atoms with Crippen molar-refractivity contribution in [2.24, 2.45) is 0 Å². The van der Waals surface area contributed by atoms with Gasteiger partial charge in [0.15, 0.2) is 5.82 Å². The van der Waals surface area contributed by atoms with Crippen LogP contribution in [0.25, 0.3) is 0 Å². The van der Waals surface area contributed by atoms with E-state index in [1.54, 1.807) is 0 Å². The van der Waals surface area contributed by atoms with E-state index in [1.165, 1.54) is 23.7 Å². The Morgan fingerprint density at radius 1 is 1.10 bits per heavy atom. The number of rotatable bonds is 4. The maximum atomic E-state index is 6.14. The van der Waals surface area contributed by atoms with Crippen molar-refractivity contribution in [2.45, 2.75) is 43.2 Å². The topological polar surface area (TPSA) is 75.9 Å². The summed E-state index contributed by atoms with van der Waals surface area (Å²) in [6.45, 7) is 8.23. The van der Waals surface area contributed by atoms with E-state index in [1.807, 2.05) is 0 Å². The molecule has 112 valence electrons. The van der Waals surface area contributed by atoms with Crippen molar-refractivity contribution in [3.05, 3.63) is 36.2 Å². The van der Waals surface area contributed by atoms with Crippen LogP contribution in [0.5, 0.6) is 0 Å². The third-order valence-electron chi connectivity index (χ3n) is 2.64. The molecule has 0 unspecified atom stereocenters. The SMILES string of the molecule is Cc1ccc(Sc2ncnc(NNC(C)(C)C)c2N)cc1. The minimum absolute atomic E-state index is 0.0817. The van der Waals surface area contributed by atoms with Crippen molar-refractivity contribution >= 4 is 23.3 Å². The van der Waals surface area contributed by atoms with Crippen LogP contribution in [-0.2, 0) is 0 Å². The minimum Gasteiger partial charge on any atom is -0.393 e. The molecule has 2 aromatic rings. The number of nitrogen functional groups attached to an aromatic ring is 1. The molecule has 5 nitrogen and oxygen atoms in total. The number of aryl methyl sites for hydroxylation is 1. The standard InChI is InChI=1S/C15H21N5S/c1-10-5-7-11(8-6-10)21-14-12(16)13(17-9-18-14)19-20-15(2,3)4/h5-9,20H,16H2,1-4H3,(H,17,18,19). The maximum absolute atomic E-state index is 6.14. The number of hydrogen-bond acceptors (Lipinski definition) is 6. The molecule has 4 N–H and O–H groups in total. The molecule has 0 atom stereocenters. The lowest BCUT2D eigenvalue weighted by Crippen LogP contribution is -2.40. The first-order valence-electron chi connectivity index (χ1n) is 6.73. The molecule has 1 aromatic heterocycles. The average Bonchev–Trinajstić information content (AvgIpc) is 2.41. The third kappa shape index (κ3) is 4.61. The average molecular weight is 303 g/mol. The normalized spacial score (nSPS) is 11.4. The van der Waals surface area contributed by atoms with Gasteiger partial charge in [0, 0.05) is 10.4 Å². The molecule has 21 heavy (non-hydrogen) atoms. The summed E-state index contributed by atoms with van der Waals surface area (Å²) in [5, 5.41) is 0.743. The summed E-state index contributed by atoms with van der Waals surface area (Å²) in [7, 11) is 0. The smallest absolute Gasteiger partial charge is 0.168 e. The summed E-state index contributed by atoms with van der Waals surface area (Å²) in [5.41, 5.74) is 14.0. The van der Waals surface area contributed by atoms with E-state index in [0.717, 1.165) is 9.92 Å². The van der Waals surface area contributed by atoms with Crippen LogP contribution in [0.1, 0.15) is 26.3 Å². The van der Waals surface area contributed by atoms with Gasteiger partial charge in [0.1, 0.15) is 17.0 Å². The predicted octanol–water partition coefficient (Wildman–Crippen LogP) is 3.23. The van der Waals surface area contributed by atoms with Crippen LogP contribution < -0.4 is 16.6 Å². The Morgan fingerprint density at radius 2 is 1.76 bits per heavy atom. The first-order valence-corrected chi connectivity index (χ1v) is 7.55. The fourth-order valence-electron chi connectivity index (χ4n) is 1.52. The molecule has 0 aliphatic carbocycles.